The molecule has 0 amide bonds. The van der Waals surface area contributed by atoms with Gasteiger partial charge in [0.1, 0.15) is 43.2 Å². The van der Waals surface area contributed by atoms with Gasteiger partial charge in [0.05, 0.1) is 6.61 Å². The highest BCUT2D eigenvalue weighted by Gasteiger charge is 2.51. The smallest absolute Gasteiger partial charge is 0.462 e. The Kier molecular flexibility index (Phi) is 31.5. The summed E-state index contributed by atoms with van der Waals surface area (Å²) >= 11 is 0. The summed E-state index contributed by atoms with van der Waals surface area (Å²) < 4.78 is 33.4. The van der Waals surface area contributed by atoms with Crippen LogP contribution in [0.4, 0.5) is 0 Å². The topological polar surface area (TPSA) is 210 Å². The number of carbonyl (C=O) groups is 2. The summed E-state index contributed by atoms with van der Waals surface area (Å²) in [6.45, 7) is 3.23. The van der Waals surface area contributed by atoms with Crippen LogP contribution in [-0.4, -0.2) is 98.3 Å². The summed E-state index contributed by atoms with van der Waals surface area (Å²) in [6, 6.07) is 0. The quantitative estimate of drug-likeness (QED) is 0.0156. The predicted molar refractivity (Wildman–Crippen MR) is 221 cm³/mol. The van der Waals surface area contributed by atoms with Crippen LogP contribution in [-0.2, 0) is 32.7 Å². The van der Waals surface area contributed by atoms with Gasteiger partial charge in [0.25, 0.3) is 0 Å². The van der Waals surface area contributed by atoms with E-state index in [-0.39, 0.29) is 12.8 Å². The van der Waals surface area contributed by atoms with Crippen molar-refractivity contribution in [1.82, 2.24) is 0 Å². The average molecular weight is 833 g/mol. The average Bonchev–Trinajstić information content (AvgIpc) is 3.19. The first-order valence-electron chi connectivity index (χ1n) is 21.8. The number of esters is 2. The Hall–Kier alpha value is -1.93. The molecule has 1 aliphatic carbocycles. The molecule has 0 saturated heterocycles. The van der Waals surface area contributed by atoms with Crippen LogP contribution < -0.4 is 0 Å². The molecule has 0 aromatic heterocycles. The van der Waals surface area contributed by atoms with E-state index in [2.05, 4.69) is 50.3 Å². The first-order chi connectivity index (χ1) is 27.4. The summed E-state index contributed by atoms with van der Waals surface area (Å²) in [5.41, 5.74) is 0. The number of ether oxygens (including phenoxy) is 2. The van der Waals surface area contributed by atoms with Crippen molar-refractivity contribution >= 4 is 19.8 Å². The molecule has 1 fully saturated rings. The highest BCUT2D eigenvalue weighted by molar-refractivity contribution is 7.47. The molecule has 0 aromatic rings. The van der Waals surface area contributed by atoms with Crippen molar-refractivity contribution < 1.29 is 63.1 Å². The Labute approximate surface area is 342 Å². The third-order valence-electron chi connectivity index (χ3n) is 9.98. The predicted octanol–water partition coefficient (Wildman–Crippen LogP) is 7.83. The van der Waals surface area contributed by atoms with Crippen LogP contribution >= 0.6 is 7.82 Å². The molecule has 1 saturated carbocycles. The van der Waals surface area contributed by atoms with Gasteiger partial charge in [0.2, 0.25) is 0 Å². The van der Waals surface area contributed by atoms with E-state index in [1.165, 1.54) is 64.2 Å². The first-order valence-corrected chi connectivity index (χ1v) is 23.3. The highest BCUT2D eigenvalue weighted by atomic mass is 31.2. The molecule has 332 valence electrons. The fourth-order valence-electron chi connectivity index (χ4n) is 6.41. The molecule has 6 unspecified atom stereocenters. The van der Waals surface area contributed by atoms with Gasteiger partial charge in [-0.25, -0.2) is 4.57 Å². The van der Waals surface area contributed by atoms with Crippen LogP contribution in [0.5, 0.6) is 0 Å². The number of hydrogen-bond donors (Lipinski definition) is 6. The molecule has 8 atom stereocenters. The van der Waals surface area contributed by atoms with Gasteiger partial charge in [0.15, 0.2) is 6.10 Å². The zero-order chi connectivity index (χ0) is 42.2. The minimum Gasteiger partial charge on any atom is -0.462 e. The molecule has 0 spiro atoms. The molecule has 14 heteroatoms. The van der Waals surface area contributed by atoms with Crippen molar-refractivity contribution in [3.63, 3.8) is 0 Å². The maximum absolute atomic E-state index is 12.8. The molecule has 0 radical (unpaired) electrons. The lowest BCUT2D eigenvalue weighted by molar-refractivity contribution is -0.220. The normalized spacial score (nSPS) is 23.0. The molecule has 0 aliphatic heterocycles. The van der Waals surface area contributed by atoms with Crippen LogP contribution in [0.2, 0.25) is 0 Å². The molecule has 0 bridgehead atoms. The van der Waals surface area contributed by atoms with Crippen LogP contribution in [0.15, 0.2) is 36.5 Å². The van der Waals surface area contributed by atoms with Gasteiger partial charge < -0.3 is 39.9 Å². The zero-order valence-electron chi connectivity index (χ0n) is 34.9. The van der Waals surface area contributed by atoms with E-state index in [0.29, 0.717) is 12.8 Å². The van der Waals surface area contributed by atoms with Crippen LogP contribution in [0.3, 0.4) is 0 Å². The van der Waals surface area contributed by atoms with Gasteiger partial charge in [-0.05, 0) is 51.4 Å². The molecule has 6 N–H and O–H groups in total. The maximum atomic E-state index is 12.8. The second-order valence-electron chi connectivity index (χ2n) is 15.2. The second kappa shape index (κ2) is 33.9. The van der Waals surface area contributed by atoms with Gasteiger partial charge in [-0.1, -0.05) is 140 Å². The number of hydrogen-bond acceptors (Lipinski definition) is 12. The molecular weight excluding hydrogens is 755 g/mol. The Bertz CT molecular complexity index is 1150. The van der Waals surface area contributed by atoms with Crippen molar-refractivity contribution in [3.05, 3.63) is 36.5 Å². The number of phosphoric ester groups is 1. The van der Waals surface area contributed by atoms with E-state index in [4.69, 9.17) is 18.5 Å². The van der Waals surface area contributed by atoms with Gasteiger partial charge in [-0.15, -0.1) is 0 Å². The molecule has 0 heterocycles. The maximum Gasteiger partial charge on any atom is 0.472 e. The van der Waals surface area contributed by atoms with Crippen molar-refractivity contribution in [1.29, 1.82) is 0 Å². The molecule has 1 rings (SSSR count). The van der Waals surface area contributed by atoms with Crippen LogP contribution in [0, 0.1) is 0 Å². The summed E-state index contributed by atoms with van der Waals surface area (Å²) in [6.07, 6.45) is 23.5. The summed E-state index contributed by atoms with van der Waals surface area (Å²) in [5, 5.41) is 50.0. The van der Waals surface area contributed by atoms with E-state index in [9.17, 15) is 44.6 Å². The Morgan fingerprint density at radius 1 is 0.544 bits per heavy atom. The molecular formula is C43H77O13P. The van der Waals surface area contributed by atoms with Gasteiger partial charge in [-0.3, -0.25) is 18.6 Å². The minimum atomic E-state index is -5.12. The number of allylic oxidation sites excluding steroid dienone is 6. The Morgan fingerprint density at radius 2 is 0.947 bits per heavy atom. The van der Waals surface area contributed by atoms with Crippen molar-refractivity contribution in [2.45, 2.75) is 211 Å². The number of phosphoric acid groups is 1. The van der Waals surface area contributed by atoms with Gasteiger partial charge in [0, 0.05) is 12.8 Å². The molecule has 1 aliphatic rings. The third kappa shape index (κ3) is 26.7. The van der Waals surface area contributed by atoms with Gasteiger partial charge in [-0.2, -0.15) is 0 Å². The standard InChI is InChI=1S/C43H77O13P/c1-3-5-7-9-11-13-15-16-17-18-19-20-22-24-26-28-30-32-37(45)55-35(33-53-36(44)31-29-27-25-23-21-14-12-10-8-6-4-2)34-54-57(51,52)56-43-41(49)39(47)38(46)40(48)42(43)50/h11,13,16-17,19-20,35,38-43,46-50H,3-10,12,14-15,18,21-34H2,1-2H3,(H,51,52)/b13-11+,17-16+,20-19+/t35-,38?,39-,40?,41?,42?,43?/m1/s1. The van der Waals surface area contributed by atoms with E-state index in [1.54, 1.807) is 0 Å². The zero-order valence-corrected chi connectivity index (χ0v) is 35.8. The first kappa shape index (κ1) is 53.1. The lowest BCUT2D eigenvalue weighted by Gasteiger charge is -2.41. The Morgan fingerprint density at radius 3 is 1.47 bits per heavy atom. The summed E-state index contributed by atoms with van der Waals surface area (Å²) in [5.74, 6) is -1.12. The number of aliphatic hydroxyl groups is 5. The van der Waals surface area contributed by atoms with E-state index < -0.39 is 75.7 Å². The SMILES string of the molecule is CCCCC/C=C/C/C=C/C/C=C/CCCCCCC(=O)O[C@H](COC(=O)CCCCCCCCCCCCC)COP(=O)(O)OC1C(O)C(O)C(O)[C@@H](O)C1O. The largest absolute Gasteiger partial charge is 0.472 e. The number of rotatable bonds is 35. The lowest BCUT2D eigenvalue weighted by atomic mass is 9.85. The molecule has 57 heavy (non-hydrogen) atoms. The van der Waals surface area contributed by atoms with E-state index >= 15 is 0 Å². The van der Waals surface area contributed by atoms with Crippen LogP contribution in [0.1, 0.15) is 168 Å². The van der Waals surface area contributed by atoms with Crippen LogP contribution in [0.25, 0.3) is 0 Å². The number of carbonyl (C=O) groups excluding carboxylic acids is 2. The second-order valence-corrected chi connectivity index (χ2v) is 16.6. The number of unbranched alkanes of at least 4 members (excludes halogenated alkanes) is 17. The van der Waals surface area contributed by atoms with Crippen molar-refractivity contribution in [3.8, 4) is 0 Å². The van der Waals surface area contributed by atoms with Crippen molar-refractivity contribution in [2.24, 2.45) is 0 Å². The lowest BCUT2D eigenvalue weighted by Crippen LogP contribution is -2.64. The third-order valence-corrected chi connectivity index (χ3v) is 11.0. The highest BCUT2D eigenvalue weighted by Crippen LogP contribution is 2.47. The van der Waals surface area contributed by atoms with E-state index in [0.717, 1.165) is 64.2 Å². The molecule has 13 nitrogen and oxygen atoms in total. The number of aliphatic hydroxyl groups excluding tert-OH is 5. The van der Waals surface area contributed by atoms with Gasteiger partial charge >= 0.3 is 19.8 Å². The summed E-state index contributed by atoms with van der Waals surface area (Å²) in [7, 11) is -5.12. The van der Waals surface area contributed by atoms with E-state index in [1.807, 2.05) is 0 Å². The Balaban J connectivity index is 2.51. The fourth-order valence-corrected chi connectivity index (χ4v) is 7.38. The monoisotopic (exact) mass is 833 g/mol. The fraction of sp³-hybridized carbons (Fsp3) is 0.814. The minimum absolute atomic E-state index is 0.0721. The summed E-state index contributed by atoms with van der Waals surface area (Å²) in [4.78, 5) is 35.6. The molecule has 0 aromatic carbocycles. The van der Waals surface area contributed by atoms with Crippen molar-refractivity contribution in [2.75, 3.05) is 13.2 Å².